The number of aliphatic hydroxyl groups excluding tert-OH is 1. The van der Waals surface area contributed by atoms with Crippen molar-refractivity contribution >= 4 is 23.0 Å². The molecular formula is C21H23F3N2O6S. The van der Waals surface area contributed by atoms with Crippen LogP contribution in [0.2, 0.25) is 0 Å². The van der Waals surface area contributed by atoms with Crippen molar-refractivity contribution in [2.24, 2.45) is 4.40 Å². The molecule has 1 heterocycles. The molecular weight excluding hydrogens is 465 g/mol. The summed E-state index contributed by atoms with van der Waals surface area (Å²) in [7, 11) is 1.21. The van der Waals surface area contributed by atoms with E-state index >= 15 is 0 Å². The van der Waals surface area contributed by atoms with Gasteiger partial charge in [0.1, 0.15) is 39.4 Å². The van der Waals surface area contributed by atoms with Gasteiger partial charge in [-0.15, -0.1) is 13.2 Å². The van der Waals surface area contributed by atoms with Crippen LogP contribution in [0.5, 0.6) is 11.5 Å². The molecule has 12 heteroatoms. The number of benzene rings is 1. The third-order valence-corrected chi connectivity index (χ3v) is 5.60. The Bertz CT molecular complexity index is 1010. The predicted octanol–water partition coefficient (Wildman–Crippen LogP) is 3.85. The zero-order valence-corrected chi connectivity index (χ0v) is 19.0. The Balaban J connectivity index is 2.39. The number of aliphatic hydroxyl groups is 1. The van der Waals surface area contributed by atoms with Gasteiger partial charge in [0.25, 0.3) is 0 Å². The van der Waals surface area contributed by atoms with Crippen LogP contribution in [0.1, 0.15) is 54.9 Å². The van der Waals surface area contributed by atoms with Crippen molar-refractivity contribution in [3.63, 3.8) is 0 Å². The Morgan fingerprint density at radius 1 is 1.24 bits per heavy atom. The zero-order chi connectivity index (χ0) is 25.0. The molecule has 0 spiro atoms. The monoisotopic (exact) mass is 488 g/mol. The molecule has 2 atom stereocenters. The van der Waals surface area contributed by atoms with Gasteiger partial charge >= 0.3 is 12.3 Å². The van der Waals surface area contributed by atoms with Crippen molar-refractivity contribution in [1.82, 2.24) is 4.98 Å². The second-order valence-electron chi connectivity index (χ2n) is 7.81. The Kier molecular flexibility index (Phi) is 8.33. The summed E-state index contributed by atoms with van der Waals surface area (Å²) in [6.07, 6.45) is -5.32. The number of esters is 1. The minimum Gasteiger partial charge on any atom is -0.591 e. The molecule has 0 saturated carbocycles. The van der Waals surface area contributed by atoms with Crippen LogP contribution in [0.25, 0.3) is 0 Å². The average Bonchev–Trinajstić information content (AvgIpc) is 2.71. The minimum absolute atomic E-state index is 0.0225. The zero-order valence-electron chi connectivity index (χ0n) is 18.2. The molecule has 0 aliphatic carbocycles. The summed E-state index contributed by atoms with van der Waals surface area (Å²) in [6.45, 7) is 4.98. The fourth-order valence-corrected chi connectivity index (χ4v) is 3.16. The van der Waals surface area contributed by atoms with E-state index < -0.39 is 46.0 Å². The molecule has 2 N–H and O–H groups in total. The standard InChI is InChI=1S/C21H23F3N2O6S/c1-20(2,3)33(30)26-16(14-7-6-13(9-17(14)27)32-21(22,23)24)10-18(28)15-8-5-12(11-25-15)19(29)31-4/h5-9,11,18,27-28H,10H2,1-4H3/b26-16+/t18?,33-/m0/s1. The van der Waals surface area contributed by atoms with Crippen molar-refractivity contribution in [2.45, 2.75) is 44.4 Å². The van der Waals surface area contributed by atoms with E-state index in [1.807, 2.05) is 0 Å². The van der Waals surface area contributed by atoms with Crippen LogP contribution in [0.4, 0.5) is 13.2 Å². The SMILES string of the molecule is COC(=O)c1ccc(C(O)C/C(=N\[S@@+]([O-])C(C)(C)C)c2ccc(OC(F)(F)F)cc2O)nc1. The molecule has 8 nitrogen and oxygen atoms in total. The molecule has 0 bridgehead atoms. The second kappa shape index (κ2) is 10.4. The first-order valence-electron chi connectivity index (χ1n) is 9.52. The topological polar surface area (TPSA) is 124 Å². The Hall–Kier alpha value is -2.83. The number of nitrogens with zero attached hydrogens (tertiary/aromatic N) is 2. The number of halogens is 3. The first-order chi connectivity index (χ1) is 15.2. The van der Waals surface area contributed by atoms with Crippen LogP contribution >= 0.6 is 0 Å². The molecule has 2 rings (SSSR count). The number of phenolic OH excluding ortho intramolecular Hbond substituents is 1. The highest BCUT2D eigenvalue weighted by molar-refractivity contribution is 7.91. The number of methoxy groups -OCH3 is 1. The number of hydrogen-bond donors (Lipinski definition) is 2. The number of ether oxygens (including phenoxy) is 2. The Morgan fingerprint density at radius 3 is 2.39 bits per heavy atom. The lowest BCUT2D eigenvalue weighted by Crippen LogP contribution is -2.27. The summed E-state index contributed by atoms with van der Waals surface area (Å²) < 4.78 is 61.7. The van der Waals surface area contributed by atoms with Crippen molar-refractivity contribution in [3.8, 4) is 11.5 Å². The third-order valence-electron chi connectivity index (χ3n) is 4.17. The third kappa shape index (κ3) is 7.62. The van der Waals surface area contributed by atoms with E-state index in [4.69, 9.17) is 0 Å². The maximum absolute atomic E-state index is 12.6. The van der Waals surface area contributed by atoms with Crippen molar-refractivity contribution < 1.29 is 42.2 Å². The van der Waals surface area contributed by atoms with E-state index in [1.165, 1.54) is 25.4 Å². The molecule has 1 aromatic heterocycles. The van der Waals surface area contributed by atoms with E-state index in [1.54, 1.807) is 20.8 Å². The van der Waals surface area contributed by atoms with Gasteiger partial charge in [-0.05, 0) is 45.0 Å². The number of carbonyl (C=O) groups excluding carboxylic acids is 1. The van der Waals surface area contributed by atoms with Gasteiger partial charge in [-0.3, -0.25) is 4.98 Å². The normalized spacial score (nSPS) is 14.5. The molecule has 180 valence electrons. The van der Waals surface area contributed by atoms with E-state index in [0.717, 1.165) is 18.2 Å². The van der Waals surface area contributed by atoms with Crippen LogP contribution in [-0.4, -0.2) is 49.6 Å². The summed E-state index contributed by atoms with van der Waals surface area (Å²) in [5, 5.41) is 20.9. The fraction of sp³-hybridized carbons (Fsp3) is 0.381. The summed E-state index contributed by atoms with van der Waals surface area (Å²) in [5.74, 6) is -1.87. The molecule has 0 amide bonds. The first-order valence-corrected chi connectivity index (χ1v) is 10.6. The quantitative estimate of drug-likeness (QED) is 0.345. The number of phenols is 1. The van der Waals surface area contributed by atoms with Gasteiger partial charge in [0, 0.05) is 24.2 Å². The number of rotatable bonds is 7. The van der Waals surface area contributed by atoms with E-state index in [0.29, 0.717) is 0 Å². The highest BCUT2D eigenvalue weighted by atomic mass is 32.2. The molecule has 0 fully saturated rings. The lowest BCUT2D eigenvalue weighted by molar-refractivity contribution is -0.274. The van der Waals surface area contributed by atoms with Gasteiger partial charge in [0.2, 0.25) is 0 Å². The smallest absolute Gasteiger partial charge is 0.573 e. The predicted molar refractivity (Wildman–Crippen MR) is 114 cm³/mol. The van der Waals surface area contributed by atoms with Gasteiger partial charge in [0.15, 0.2) is 0 Å². The van der Waals surface area contributed by atoms with Crippen LogP contribution in [0, 0.1) is 0 Å². The van der Waals surface area contributed by atoms with Gasteiger partial charge in [-0.25, -0.2) is 4.79 Å². The number of hydrogen-bond acceptors (Lipinski definition) is 8. The Labute approximate surface area is 191 Å². The van der Waals surface area contributed by atoms with E-state index in [9.17, 15) is 32.7 Å². The fourth-order valence-electron chi connectivity index (χ4n) is 2.51. The summed E-state index contributed by atoms with van der Waals surface area (Å²) in [4.78, 5) is 15.5. The highest BCUT2D eigenvalue weighted by Gasteiger charge is 2.32. The maximum Gasteiger partial charge on any atom is 0.573 e. The lowest BCUT2D eigenvalue weighted by atomic mass is 10.0. The van der Waals surface area contributed by atoms with E-state index in [-0.39, 0.29) is 29.0 Å². The summed E-state index contributed by atoms with van der Waals surface area (Å²) in [6, 6.07) is 5.61. The van der Waals surface area contributed by atoms with Crippen LogP contribution in [0.15, 0.2) is 40.9 Å². The molecule has 2 aromatic rings. The molecule has 0 aliphatic rings. The van der Waals surface area contributed by atoms with Crippen molar-refractivity contribution in [3.05, 3.63) is 53.3 Å². The summed E-state index contributed by atoms with van der Waals surface area (Å²) in [5.41, 5.74) is 0.250. The van der Waals surface area contributed by atoms with Gasteiger partial charge < -0.3 is 24.2 Å². The number of pyridine rings is 1. The van der Waals surface area contributed by atoms with Crippen LogP contribution in [-0.2, 0) is 16.1 Å². The average molecular weight is 488 g/mol. The molecule has 0 saturated heterocycles. The number of alkyl halides is 3. The van der Waals surface area contributed by atoms with Crippen LogP contribution in [0.3, 0.4) is 0 Å². The number of aromatic hydroxyl groups is 1. The second-order valence-corrected chi connectivity index (χ2v) is 9.72. The largest absolute Gasteiger partial charge is 0.591 e. The summed E-state index contributed by atoms with van der Waals surface area (Å²) >= 11 is -1.81. The minimum atomic E-state index is -4.95. The molecule has 0 aliphatic heterocycles. The number of aromatic nitrogens is 1. The number of carbonyl (C=O) groups is 1. The first kappa shape index (κ1) is 26.4. The maximum atomic E-state index is 12.6. The lowest BCUT2D eigenvalue weighted by Gasteiger charge is -2.21. The molecule has 1 aromatic carbocycles. The van der Waals surface area contributed by atoms with Gasteiger partial charge in [-0.1, -0.05) is 4.40 Å². The molecule has 0 radical (unpaired) electrons. The van der Waals surface area contributed by atoms with Crippen LogP contribution < -0.4 is 4.74 Å². The highest BCUT2D eigenvalue weighted by Crippen LogP contribution is 2.31. The Morgan fingerprint density at radius 2 is 1.91 bits per heavy atom. The van der Waals surface area contributed by atoms with Crippen molar-refractivity contribution in [2.75, 3.05) is 7.11 Å². The molecule has 33 heavy (non-hydrogen) atoms. The molecule has 1 unspecified atom stereocenters. The van der Waals surface area contributed by atoms with Crippen molar-refractivity contribution in [1.29, 1.82) is 0 Å². The van der Waals surface area contributed by atoms with Gasteiger partial charge in [0.05, 0.1) is 18.4 Å². The van der Waals surface area contributed by atoms with Gasteiger partial charge in [-0.2, -0.15) is 0 Å². The van der Waals surface area contributed by atoms with E-state index in [2.05, 4.69) is 18.9 Å².